The number of carbonyl (C=O) groups excluding carboxylic acids is 1. The average molecular weight is 252 g/mol. The standard InChI is InChI=1S/C15H28N2O/c1-3-12-7-8-17(13(9-12)10-16)15(18)14-6-4-5-11(14)2/h11-14H,3-10,16H2,1-2H3. The average Bonchev–Trinajstić information content (AvgIpc) is 2.83. The summed E-state index contributed by atoms with van der Waals surface area (Å²) in [5, 5.41) is 0. The summed E-state index contributed by atoms with van der Waals surface area (Å²) in [6.45, 7) is 6.03. The van der Waals surface area contributed by atoms with Crippen LogP contribution in [0.15, 0.2) is 0 Å². The molecule has 0 aromatic rings. The summed E-state index contributed by atoms with van der Waals surface area (Å²) in [6, 6.07) is 0.295. The molecule has 18 heavy (non-hydrogen) atoms. The zero-order chi connectivity index (χ0) is 13.1. The SMILES string of the molecule is CCC1CCN(C(=O)C2CCCC2C)C(CN)C1. The van der Waals surface area contributed by atoms with Gasteiger partial charge < -0.3 is 10.6 Å². The van der Waals surface area contributed by atoms with E-state index in [1.807, 2.05) is 0 Å². The Hall–Kier alpha value is -0.570. The molecule has 104 valence electrons. The molecule has 1 aliphatic heterocycles. The summed E-state index contributed by atoms with van der Waals surface area (Å²) in [6.07, 6.45) is 7.02. The molecule has 0 radical (unpaired) electrons. The number of amides is 1. The minimum Gasteiger partial charge on any atom is -0.338 e. The quantitative estimate of drug-likeness (QED) is 0.838. The first kappa shape index (κ1) is 13.9. The van der Waals surface area contributed by atoms with E-state index in [9.17, 15) is 4.79 Å². The van der Waals surface area contributed by atoms with E-state index in [1.165, 1.54) is 25.7 Å². The summed E-state index contributed by atoms with van der Waals surface area (Å²) in [5.74, 6) is 2.01. The van der Waals surface area contributed by atoms with Gasteiger partial charge in [0.2, 0.25) is 5.91 Å². The van der Waals surface area contributed by atoms with E-state index in [2.05, 4.69) is 18.7 Å². The van der Waals surface area contributed by atoms with Crippen molar-refractivity contribution in [2.75, 3.05) is 13.1 Å². The van der Waals surface area contributed by atoms with E-state index >= 15 is 0 Å². The van der Waals surface area contributed by atoms with Crippen LogP contribution in [0.1, 0.15) is 52.4 Å². The molecule has 0 aromatic carbocycles. The molecular weight excluding hydrogens is 224 g/mol. The van der Waals surface area contributed by atoms with Crippen LogP contribution in [0.2, 0.25) is 0 Å². The van der Waals surface area contributed by atoms with Crippen molar-refractivity contribution in [2.45, 2.75) is 58.4 Å². The van der Waals surface area contributed by atoms with Gasteiger partial charge in [0, 0.05) is 25.0 Å². The Labute approximate surface area is 111 Å². The number of piperidine rings is 1. The summed E-state index contributed by atoms with van der Waals surface area (Å²) < 4.78 is 0. The number of hydrogen-bond acceptors (Lipinski definition) is 2. The minimum absolute atomic E-state index is 0.275. The third kappa shape index (κ3) is 2.71. The third-order valence-electron chi connectivity index (χ3n) is 5.14. The topological polar surface area (TPSA) is 46.3 Å². The van der Waals surface area contributed by atoms with Gasteiger partial charge in [-0.3, -0.25) is 4.79 Å². The minimum atomic E-state index is 0.275. The van der Waals surface area contributed by atoms with Crippen LogP contribution in [0.4, 0.5) is 0 Å². The molecule has 4 unspecified atom stereocenters. The van der Waals surface area contributed by atoms with Crippen molar-refractivity contribution in [3.05, 3.63) is 0 Å². The van der Waals surface area contributed by atoms with Crippen molar-refractivity contribution >= 4 is 5.91 Å². The van der Waals surface area contributed by atoms with E-state index in [4.69, 9.17) is 5.73 Å². The van der Waals surface area contributed by atoms with Gasteiger partial charge >= 0.3 is 0 Å². The van der Waals surface area contributed by atoms with Crippen LogP contribution in [0.3, 0.4) is 0 Å². The van der Waals surface area contributed by atoms with Gasteiger partial charge in [0.15, 0.2) is 0 Å². The predicted molar refractivity (Wildman–Crippen MR) is 74.1 cm³/mol. The second kappa shape index (κ2) is 6.05. The van der Waals surface area contributed by atoms with Crippen molar-refractivity contribution in [1.82, 2.24) is 4.90 Å². The summed E-state index contributed by atoms with van der Waals surface area (Å²) >= 11 is 0. The van der Waals surface area contributed by atoms with Crippen molar-refractivity contribution < 1.29 is 4.79 Å². The van der Waals surface area contributed by atoms with Crippen LogP contribution in [0.25, 0.3) is 0 Å². The maximum absolute atomic E-state index is 12.6. The second-order valence-corrected chi connectivity index (χ2v) is 6.23. The zero-order valence-corrected chi connectivity index (χ0v) is 11.9. The maximum atomic E-state index is 12.6. The third-order valence-corrected chi connectivity index (χ3v) is 5.14. The fraction of sp³-hybridized carbons (Fsp3) is 0.933. The normalized spacial score (nSPS) is 36.9. The van der Waals surface area contributed by atoms with Crippen molar-refractivity contribution in [1.29, 1.82) is 0 Å². The molecular formula is C15H28N2O. The Bertz CT molecular complexity index is 292. The van der Waals surface area contributed by atoms with Crippen molar-refractivity contribution in [2.24, 2.45) is 23.5 Å². The lowest BCUT2D eigenvalue weighted by atomic mass is 9.87. The smallest absolute Gasteiger partial charge is 0.226 e. The van der Waals surface area contributed by atoms with Gasteiger partial charge in [-0.25, -0.2) is 0 Å². The molecule has 0 spiro atoms. The number of nitrogens with zero attached hydrogens (tertiary/aromatic N) is 1. The largest absolute Gasteiger partial charge is 0.338 e. The Kier molecular flexibility index (Phi) is 4.66. The van der Waals surface area contributed by atoms with Crippen LogP contribution in [-0.4, -0.2) is 29.9 Å². The summed E-state index contributed by atoms with van der Waals surface area (Å²) in [7, 11) is 0. The van der Waals surface area contributed by atoms with E-state index in [0.717, 1.165) is 25.3 Å². The highest BCUT2D eigenvalue weighted by atomic mass is 16.2. The molecule has 2 fully saturated rings. The number of rotatable bonds is 3. The highest BCUT2D eigenvalue weighted by molar-refractivity contribution is 5.79. The van der Waals surface area contributed by atoms with E-state index in [1.54, 1.807) is 0 Å². The van der Waals surface area contributed by atoms with Crippen molar-refractivity contribution in [3.8, 4) is 0 Å². The second-order valence-electron chi connectivity index (χ2n) is 6.23. The lowest BCUT2D eigenvalue weighted by Gasteiger charge is -2.40. The van der Waals surface area contributed by atoms with Gasteiger partial charge in [-0.1, -0.05) is 26.7 Å². The van der Waals surface area contributed by atoms with Crippen LogP contribution in [-0.2, 0) is 4.79 Å². The zero-order valence-electron chi connectivity index (χ0n) is 11.9. The van der Waals surface area contributed by atoms with Gasteiger partial charge in [0.05, 0.1) is 0 Å². The maximum Gasteiger partial charge on any atom is 0.226 e. The molecule has 1 amide bonds. The highest BCUT2D eigenvalue weighted by Crippen LogP contribution is 2.35. The van der Waals surface area contributed by atoms with Gasteiger partial charge in [-0.15, -0.1) is 0 Å². The number of likely N-dealkylation sites (tertiary alicyclic amines) is 1. The van der Waals surface area contributed by atoms with E-state index in [-0.39, 0.29) is 5.92 Å². The number of nitrogens with two attached hydrogens (primary N) is 1. The molecule has 0 bridgehead atoms. The van der Waals surface area contributed by atoms with Gasteiger partial charge in [-0.2, -0.15) is 0 Å². The van der Waals surface area contributed by atoms with Gasteiger partial charge in [0.25, 0.3) is 0 Å². The predicted octanol–water partition coefficient (Wildman–Crippen LogP) is 2.40. The molecule has 1 aliphatic carbocycles. The number of hydrogen-bond donors (Lipinski definition) is 1. The Morgan fingerprint density at radius 2 is 2.11 bits per heavy atom. The molecule has 1 saturated heterocycles. The molecule has 2 rings (SSSR count). The lowest BCUT2D eigenvalue weighted by molar-refractivity contribution is -0.140. The number of carbonyl (C=O) groups is 1. The molecule has 2 aliphatic rings. The molecule has 1 saturated carbocycles. The van der Waals surface area contributed by atoms with Crippen LogP contribution in [0.5, 0.6) is 0 Å². The lowest BCUT2D eigenvalue weighted by Crippen LogP contribution is -2.51. The fourth-order valence-corrected chi connectivity index (χ4v) is 3.74. The highest BCUT2D eigenvalue weighted by Gasteiger charge is 2.37. The Balaban J connectivity index is 2.00. The monoisotopic (exact) mass is 252 g/mol. The fourth-order valence-electron chi connectivity index (χ4n) is 3.74. The molecule has 0 aromatic heterocycles. The molecule has 4 atom stereocenters. The van der Waals surface area contributed by atoms with Crippen LogP contribution < -0.4 is 5.73 Å². The first-order chi connectivity index (χ1) is 8.67. The summed E-state index contributed by atoms with van der Waals surface area (Å²) in [5.41, 5.74) is 5.89. The van der Waals surface area contributed by atoms with Crippen LogP contribution >= 0.6 is 0 Å². The van der Waals surface area contributed by atoms with Gasteiger partial charge in [0.1, 0.15) is 0 Å². The molecule has 3 nitrogen and oxygen atoms in total. The van der Waals surface area contributed by atoms with Crippen molar-refractivity contribution in [3.63, 3.8) is 0 Å². The molecule has 1 heterocycles. The first-order valence-corrected chi connectivity index (χ1v) is 7.67. The first-order valence-electron chi connectivity index (χ1n) is 7.67. The Morgan fingerprint density at radius 3 is 2.67 bits per heavy atom. The van der Waals surface area contributed by atoms with Gasteiger partial charge in [-0.05, 0) is 37.5 Å². The molecule has 2 N–H and O–H groups in total. The van der Waals surface area contributed by atoms with Crippen LogP contribution in [0, 0.1) is 17.8 Å². The van der Waals surface area contributed by atoms with E-state index < -0.39 is 0 Å². The summed E-state index contributed by atoms with van der Waals surface area (Å²) in [4.78, 5) is 14.8. The van der Waals surface area contributed by atoms with E-state index in [0.29, 0.717) is 24.4 Å². The molecule has 3 heteroatoms. The Morgan fingerprint density at radius 1 is 1.33 bits per heavy atom.